The number of hydrogen-bond acceptors (Lipinski definition) is 4. The van der Waals surface area contributed by atoms with Gasteiger partial charge in [-0.3, -0.25) is 0 Å². The second-order valence-electron chi connectivity index (χ2n) is 5.79. The Kier molecular flexibility index (Phi) is 6.29. The third kappa shape index (κ3) is 4.72. The van der Waals surface area contributed by atoms with Crippen molar-refractivity contribution in [1.29, 1.82) is 0 Å². The van der Waals surface area contributed by atoms with E-state index in [0.29, 0.717) is 6.04 Å². The monoisotopic (exact) mass is 272 g/mol. The van der Waals surface area contributed by atoms with Crippen LogP contribution >= 0.6 is 11.8 Å². The Hall–Kier alpha value is 0.230. The van der Waals surface area contributed by atoms with Crippen LogP contribution in [0.4, 0.5) is 0 Å². The van der Waals surface area contributed by atoms with Gasteiger partial charge in [0.25, 0.3) is 0 Å². The van der Waals surface area contributed by atoms with Crippen molar-refractivity contribution >= 4 is 11.8 Å². The maximum Gasteiger partial charge on any atom is 0.0791 e. The topological polar surface area (TPSA) is 35.5 Å². The first-order valence-electron chi connectivity index (χ1n) is 7.44. The van der Waals surface area contributed by atoms with Gasteiger partial charge in [0.05, 0.1) is 6.10 Å². The number of nitrogens with zero attached hydrogens (tertiary/aromatic N) is 1. The summed E-state index contributed by atoms with van der Waals surface area (Å²) in [5.74, 6) is 0. The molecule has 0 amide bonds. The lowest BCUT2D eigenvalue weighted by Crippen LogP contribution is -2.43. The number of rotatable bonds is 6. The van der Waals surface area contributed by atoms with Crippen LogP contribution in [0.15, 0.2) is 0 Å². The highest BCUT2D eigenvalue weighted by molar-refractivity contribution is 7.99. The van der Waals surface area contributed by atoms with Crippen LogP contribution in [0.25, 0.3) is 0 Å². The summed E-state index contributed by atoms with van der Waals surface area (Å²) in [6, 6.07) is 0.629. The first kappa shape index (κ1) is 14.6. The zero-order valence-corrected chi connectivity index (χ0v) is 12.4. The Morgan fingerprint density at radius 2 is 2.06 bits per heavy atom. The number of aliphatic hydroxyl groups is 1. The number of hydrogen-bond donors (Lipinski definition) is 2. The Labute approximate surface area is 116 Å². The van der Waals surface area contributed by atoms with Crippen molar-refractivity contribution in [2.45, 2.75) is 55.9 Å². The van der Waals surface area contributed by atoms with E-state index >= 15 is 0 Å². The lowest BCUT2D eigenvalue weighted by Gasteiger charge is -2.30. The molecular formula is C14H28N2OS. The quantitative estimate of drug-likeness (QED) is 0.771. The number of nitrogens with one attached hydrogen (secondary N) is 1. The summed E-state index contributed by atoms with van der Waals surface area (Å²) in [5, 5.41) is 14.4. The van der Waals surface area contributed by atoms with E-state index in [-0.39, 0.29) is 6.10 Å². The predicted molar refractivity (Wildman–Crippen MR) is 79.2 cm³/mol. The third-order valence-electron chi connectivity index (χ3n) is 4.27. The molecule has 0 radical (unpaired) electrons. The van der Waals surface area contributed by atoms with E-state index in [4.69, 9.17) is 0 Å². The molecule has 3 unspecified atom stereocenters. The van der Waals surface area contributed by atoms with E-state index in [1.54, 1.807) is 0 Å². The van der Waals surface area contributed by atoms with Crippen LogP contribution in [-0.4, -0.2) is 59.8 Å². The molecule has 1 aliphatic carbocycles. The van der Waals surface area contributed by atoms with E-state index in [1.165, 1.54) is 51.6 Å². The van der Waals surface area contributed by atoms with Crippen LogP contribution in [-0.2, 0) is 0 Å². The fourth-order valence-corrected chi connectivity index (χ4v) is 4.00. The molecule has 1 heterocycles. The maximum atomic E-state index is 10.1. The van der Waals surface area contributed by atoms with Gasteiger partial charge in [0, 0.05) is 24.4 Å². The van der Waals surface area contributed by atoms with Crippen LogP contribution in [0, 0.1) is 0 Å². The first-order valence-corrected chi connectivity index (χ1v) is 8.73. The molecule has 0 spiro atoms. The molecule has 106 valence electrons. The van der Waals surface area contributed by atoms with E-state index in [2.05, 4.69) is 16.5 Å². The summed E-state index contributed by atoms with van der Waals surface area (Å²) >= 11 is 2.00. The molecule has 0 aromatic carbocycles. The maximum absolute atomic E-state index is 10.1. The molecule has 2 fully saturated rings. The number of β-amino-alcohol motifs (C(OH)–C–C–N with tert-alkyl or cyclic N) is 1. The van der Waals surface area contributed by atoms with E-state index in [1.807, 2.05) is 11.8 Å². The lowest BCUT2D eigenvalue weighted by atomic mass is 9.95. The van der Waals surface area contributed by atoms with Crippen LogP contribution in [0.3, 0.4) is 0 Å². The minimum Gasteiger partial charge on any atom is -0.390 e. The molecule has 2 aliphatic rings. The standard InChI is InChI=1S/C14H28N2OS/c1-18-14-6-4-5-12(9-14)15-10-13(17)11-16-7-2-3-8-16/h12-15,17H,2-11H2,1H3. The Morgan fingerprint density at radius 1 is 1.28 bits per heavy atom. The van der Waals surface area contributed by atoms with Crippen LogP contribution in [0.1, 0.15) is 38.5 Å². The molecule has 0 bridgehead atoms. The summed E-state index contributed by atoms with van der Waals surface area (Å²) in [6.45, 7) is 3.97. The molecule has 0 aromatic heterocycles. The molecule has 2 N–H and O–H groups in total. The van der Waals surface area contributed by atoms with Crippen molar-refractivity contribution in [3.05, 3.63) is 0 Å². The highest BCUT2D eigenvalue weighted by atomic mass is 32.2. The average molecular weight is 272 g/mol. The van der Waals surface area contributed by atoms with Crippen molar-refractivity contribution in [3.8, 4) is 0 Å². The van der Waals surface area contributed by atoms with Gasteiger partial charge in [0.2, 0.25) is 0 Å². The SMILES string of the molecule is CSC1CCCC(NCC(O)CN2CCCC2)C1. The Balaban J connectivity index is 1.61. The van der Waals surface area contributed by atoms with Crippen LogP contribution in [0.2, 0.25) is 0 Å². The fourth-order valence-electron chi connectivity index (χ4n) is 3.17. The molecule has 4 heteroatoms. The second-order valence-corrected chi connectivity index (χ2v) is 6.93. The van der Waals surface area contributed by atoms with Crippen molar-refractivity contribution in [2.75, 3.05) is 32.4 Å². The van der Waals surface area contributed by atoms with Crippen LogP contribution in [0.5, 0.6) is 0 Å². The first-order chi connectivity index (χ1) is 8.78. The molecule has 3 nitrogen and oxygen atoms in total. The fraction of sp³-hybridized carbons (Fsp3) is 1.00. The minimum absolute atomic E-state index is 0.197. The number of likely N-dealkylation sites (tertiary alicyclic amines) is 1. The molecule has 1 aliphatic heterocycles. The molecular weight excluding hydrogens is 244 g/mol. The van der Waals surface area contributed by atoms with Gasteiger partial charge in [0.1, 0.15) is 0 Å². The van der Waals surface area contributed by atoms with Gasteiger partial charge in [0.15, 0.2) is 0 Å². The van der Waals surface area contributed by atoms with Crippen LogP contribution < -0.4 is 5.32 Å². The van der Waals surface area contributed by atoms with Crippen molar-refractivity contribution in [2.24, 2.45) is 0 Å². The van der Waals surface area contributed by atoms with Gasteiger partial charge in [-0.2, -0.15) is 11.8 Å². The zero-order chi connectivity index (χ0) is 12.8. The molecule has 1 saturated heterocycles. The predicted octanol–water partition coefficient (Wildman–Crippen LogP) is 1.71. The largest absolute Gasteiger partial charge is 0.390 e. The normalized spacial score (nSPS) is 31.7. The summed E-state index contributed by atoms with van der Waals surface area (Å²) in [5.41, 5.74) is 0. The smallest absolute Gasteiger partial charge is 0.0791 e. The second kappa shape index (κ2) is 7.73. The van der Waals surface area contributed by atoms with Gasteiger partial charge < -0.3 is 15.3 Å². The number of thioether (sulfide) groups is 1. The van der Waals surface area contributed by atoms with E-state index in [9.17, 15) is 5.11 Å². The van der Waals surface area contributed by atoms with Crippen molar-refractivity contribution < 1.29 is 5.11 Å². The summed E-state index contributed by atoms with van der Waals surface area (Å²) < 4.78 is 0. The van der Waals surface area contributed by atoms with E-state index < -0.39 is 0 Å². The molecule has 18 heavy (non-hydrogen) atoms. The average Bonchev–Trinajstić information content (AvgIpc) is 2.89. The highest BCUT2D eigenvalue weighted by Crippen LogP contribution is 2.26. The van der Waals surface area contributed by atoms with Gasteiger partial charge >= 0.3 is 0 Å². The van der Waals surface area contributed by atoms with Crippen molar-refractivity contribution in [3.63, 3.8) is 0 Å². The summed E-state index contributed by atoms with van der Waals surface area (Å²) in [7, 11) is 0. The molecule has 1 saturated carbocycles. The molecule has 3 atom stereocenters. The Bertz CT molecular complexity index is 234. The third-order valence-corrected chi connectivity index (χ3v) is 5.36. The van der Waals surface area contributed by atoms with Gasteiger partial charge in [-0.05, 0) is 51.4 Å². The molecule has 0 aromatic rings. The van der Waals surface area contributed by atoms with Gasteiger partial charge in [-0.15, -0.1) is 0 Å². The zero-order valence-electron chi connectivity index (χ0n) is 11.6. The highest BCUT2D eigenvalue weighted by Gasteiger charge is 2.22. The van der Waals surface area contributed by atoms with Gasteiger partial charge in [-0.25, -0.2) is 0 Å². The number of aliphatic hydroxyl groups excluding tert-OH is 1. The Morgan fingerprint density at radius 3 is 2.78 bits per heavy atom. The van der Waals surface area contributed by atoms with Crippen molar-refractivity contribution in [1.82, 2.24) is 10.2 Å². The summed E-state index contributed by atoms with van der Waals surface area (Å²) in [6.07, 6.45) is 9.90. The lowest BCUT2D eigenvalue weighted by molar-refractivity contribution is 0.118. The summed E-state index contributed by atoms with van der Waals surface area (Å²) in [4.78, 5) is 2.39. The van der Waals surface area contributed by atoms with E-state index in [0.717, 1.165) is 18.3 Å². The minimum atomic E-state index is -0.197. The van der Waals surface area contributed by atoms with Gasteiger partial charge in [-0.1, -0.05) is 6.42 Å². The molecule has 2 rings (SSSR count).